The Kier molecular flexibility index (Phi) is 3.65. The maximum absolute atomic E-state index is 9.14. The lowest BCUT2D eigenvalue weighted by Crippen LogP contribution is -2.17. The molecule has 0 amide bonds. The van der Waals surface area contributed by atoms with Crippen molar-refractivity contribution < 1.29 is 4.42 Å². The largest absolute Gasteiger partial charge is 0.442 e. The molecule has 1 aliphatic carbocycles. The van der Waals surface area contributed by atoms with Gasteiger partial charge >= 0.3 is 0 Å². The molecule has 0 saturated carbocycles. The maximum Gasteiger partial charge on any atom is 0.181 e. The van der Waals surface area contributed by atoms with Crippen LogP contribution < -0.4 is 5.32 Å². The highest BCUT2D eigenvalue weighted by Crippen LogP contribution is 2.35. The summed E-state index contributed by atoms with van der Waals surface area (Å²) in [6, 6.07) is 14.6. The molecule has 2 aromatic carbocycles. The molecule has 0 aliphatic heterocycles. The standard InChI is InChI=1S/C21H17N5O/c22-10-13-4-6-16-14(8-13)2-1-3-18(16)24-15-5-7-19-17(9-15)21(26-25-19)20-11-23-12-27-20/h4-9,11-12,18,24H,1-3H2,(H,25,26)/t18-/m0/s1. The van der Waals surface area contributed by atoms with Crippen LogP contribution in [0.25, 0.3) is 22.4 Å². The smallest absolute Gasteiger partial charge is 0.181 e. The Hall–Kier alpha value is -3.59. The van der Waals surface area contributed by atoms with E-state index in [1.807, 2.05) is 18.2 Å². The number of rotatable bonds is 3. The topological polar surface area (TPSA) is 90.5 Å². The molecule has 6 nitrogen and oxygen atoms in total. The van der Waals surface area contributed by atoms with E-state index in [0.29, 0.717) is 5.76 Å². The van der Waals surface area contributed by atoms with Crippen molar-refractivity contribution in [2.75, 3.05) is 5.32 Å². The monoisotopic (exact) mass is 355 g/mol. The number of hydrogen-bond acceptors (Lipinski definition) is 5. The van der Waals surface area contributed by atoms with Gasteiger partial charge in [-0.15, -0.1) is 0 Å². The van der Waals surface area contributed by atoms with Crippen molar-refractivity contribution in [2.45, 2.75) is 25.3 Å². The molecule has 2 heterocycles. The lowest BCUT2D eigenvalue weighted by atomic mass is 9.86. The van der Waals surface area contributed by atoms with Gasteiger partial charge in [-0.25, -0.2) is 4.98 Å². The van der Waals surface area contributed by atoms with Gasteiger partial charge < -0.3 is 9.73 Å². The van der Waals surface area contributed by atoms with Crippen molar-refractivity contribution in [2.24, 2.45) is 0 Å². The third-order valence-corrected chi connectivity index (χ3v) is 5.16. The summed E-state index contributed by atoms with van der Waals surface area (Å²) in [5.41, 5.74) is 6.02. The molecule has 6 heteroatoms. The van der Waals surface area contributed by atoms with Crippen LogP contribution in [-0.4, -0.2) is 15.2 Å². The summed E-state index contributed by atoms with van der Waals surface area (Å²) in [6.07, 6.45) is 6.28. The van der Waals surface area contributed by atoms with E-state index in [9.17, 15) is 0 Å². The van der Waals surface area contributed by atoms with Gasteiger partial charge in [0.1, 0.15) is 5.69 Å². The van der Waals surface area contributed by atoms with Gasteiger partial charge in [0.2, 0.25) is 0 Å². The molecular formula is C21H17N5O. The summed E-state index contributed by atoms with van der Waals surface area (Å²) in [5.74, 6) is 0.644. The molecule has 0 spiro atoms. The van der Waals surface area contributed by atoms with E-state index < -0.39 is 0 Å². The number of benzene rings is 2. The minimum Gasteiger partial charge on any atom is -0.442 e. The van der Waals surface area contributed by atoms with Crippen LogP contribution in [0.5, 0.6) is 0 Å². The van der Waals surface area contributed by atoms with Gasteiger partial charge in [0.25, 0.3) is 0 Å². The average molecular weight is 355 g/mol. The molecular weight excluding hydrogens is 338 g/mol. The average Bonchev–Trinajstić information content (AvgIpc) is 3.37. The molecule has 0 radical (unpaired) electrons. The lowest BCUT2D eigenvalue weighted by molar-refractivity contribution is 0.570. The van der Waals surface area contributed by atoms with Crippen LogP contribution in [0.1, 0.15) is 35.6 Å². The zero-order chi connectivity index (χ0) is 18.2. The highest BCUT2D eigenvalue weighted by atomic mass is 16.3. The number of nitrogens with zero attached hydrogens (tertiary/aromatic N) is 3. The second kappa shape index (κ2) is 6.29. The zero-order valence-corrected chi connectivity index (χ0v) is 14.6. The molecule has 0 fully saturated rings. The summed E-state index contributed by atoms with van der Waals surface area (Å²) in [6.45, 7) is 0. The molecule has 4 aromatic rings. The van der Waals surface area contributed by atoms with Crippen LogP contribution in [0, 0.1) is 11.3 Å². The fraction of sp³-hybridized carbons (Fsp3) is 0.190. The molecule has 27 heavy (non-hydrogen) atoms. The number of nitriles is 1. The highest BCUT2D eigenvalue weighted by molar-refractivity contribution is 5.93. The number of aryl methyl sites for hydroxylation is 1. The Morgan fingerprint density at radius 3 is 3.04 bits per heavy atom. The van der Waals surface area contributed by atoms with Crippen molar-refractivity contribution in [1.82, 2.24) is 15.2 Å². The molecule has 1 aliphatic rings. The van der Waals surface area contributed by atoms with Crippen molar-refractivity contribution in [1.29, 1.82) is 5.26 Å². The van der Waals surface area contributed by atoms with Gasteiger partial charge in [0.15, 0.2) is 12.2 Å². The van der Waals surface area contributed by atoms with Crippen LogP contribution in [0.4, 0.5) is 5.69 Å². The molecule has 0 saturated heterocycles. The Bertz CT molecular complexity index is 1150. The second-order valence-corrected chi connectivity index (χ2v) is 6.81. The molecule has 2 aromatic heterocycles. The van der Waals surface area contributed by atoms with E-state index in [2.05, 4.69) is 44.8 Å². The normalized spacial score (nSPS) is 16.0. The number of nitrogens with one attached hydrogen (secondary N) is 2. The fourth-order valence-electron chi connectivity index (χ4n) is 3.86. The number of H-pyrrole nitrogens is 1. The van der Waals surface area contributed by atoms with Crippen LogP contribution in [0.2, 0.25) is 0 Å². The molecule has 1 atom stereocenters. The quantitative estimate of drug-likeness (QED) is 0.561. The highest BCUT2D eigenvalue weighted by Gasteiger charge is 2.21. The molecule has 5 rings (SSSR count). The second-order valence-electron chi connectivity index (χ2n) is 6.81. The van der Waals surface area contributed by atoms with Gasteiger partial charge in [-0.2, -0.15) is 10.4 Å². The van der Waals surface area contributed by atoms with E-state index in [0.717, 1.165) is 47.1 Å². The van der Waals surface area contributed by atoms with E-state index in [-0.39, 0.29) is 6.04 Å². The Balaban J connectivity index is 1.49. The van der Waals surface area contributed by atoms with Crippen LogP contribution in [-0.2, 0) is 6.42 Å². The van der Waals surface area contributed by atoms with E-state index in [1.165, 1.54) is 17.5 Å². The molecule has 132 valence electrons. The van der Waals surface area contributed by atoms with E-state index >= 15 is 0 Å². The number of oxazole rings is 1. The number of aromatic nitrogens is 3. The van der Waals surface area contributed by atoms with Gasteiger partial charge in [-0.05, 0) is 60.7 Å². The first-order valence-electron chi connectivity index (χ1n) is 8.98. The number of anilines is 1. The van der Waals surface area contributed by atoms with Crippen LogP contribution in [0.15, 0.2) is 53.4 Å². The first kappa shape index (κ1) is 15.6. The van der Waals surface area contributed by atoms with Crippen molar-refractivity contribution in [3.63, 3.8) is 0 Å². The molecule has 0 bridgehead atoms. The van der Waals surface area contributed by atoms with Crippen molar-refractivity contribution in [3.8, 4) is 17.5 Å². The van der Waals surface area contributed by atoms with Crippen molar-refractivity contribution >= 4 is 16.6 Å². The third-order valence-electron chi connectivity index (χ3n) is 5.16. The summed E-state index contributed by atoms with van der Waals surface area (Å²) in [4.78, 5) is 3.98. The third kappa shape index (κ3) is 2.74. The Morgan fingerprint density at radius 2 is 2.19 bits per heavy atom. The predicted molar refractivity (Wildman–Crippen MR) is 102 cm³/mol. The minimum absolute atomic E-state index is 0.236. The predicted octanol–water partition coefficient (Wildman–Crippen LogP) is 4.58. The minimum atomic E-state index is 0.236. The van der Waals surface area contributed by atoms with Crippen LogP contribution >= 0.6 is 0 Å². The zero-order valence-electron chi connectivity index (χ0n) is 14.6. The summed E-state index contributed by atoms with van der Waals surface area (Å²) < 4.78 is 5.40. The maximum atomic E-state index is 9.14. The number of fused-ring (bicyclic) bond motifs is 2. The fourth-order valence-corrected chi connectivity index (χ4v) is 3.86. The van der Waals surface area contributed by atoms with E-state index in [1.54, 1.807) is 6.20 Å². The van der Waals surface area contributed by atoms with Gasteiger partial charge in [-0.1, -0.05) is 6.07 Å². The van der Waals surface area contributed by atoms with Crippen LogP contribution in [0.3, 0.4) is 0 Å². The summed E-state index contributed by atoms with van der Waals surface area (Å²) in [5, 5.41) is 21.2. The Morgan fingerprint density at radius 1 is 1.22 bits per heavy atom. The molecule has 0 unspecified atom stereocenters. The van der Waals surface area contributed by atoms with E-state index in [4.69, 9.17) is 9.68 Å². The number of aromatic amines is 1. The Labute approximate surface area is 155 Å². The summed E-state index contributed by atoms with van der Waals surface area (Å²) >= 11 is 0. The molecule has 2 N–H and O–H groups in total. The SMILES string of the molecule is N#Cc1ccc2c(c1)CCC[C@@H]2Nc1ccc2[nH]nc(-c3cnco3)c2c1. The van der Waals surface area contributed by atoms with Gasteiger partial charge in [-0.3, -0.25) is 5.10 Å². The first-order chi connectivity index (χ1) is 13.3. The van der Waals surface area contributed by atoms with Crippen molar-refractivity contribution in [3.05, 3.63) is 65.7 Å². The van der Waals surface area contributed by atoms with Gasteiger partial charge in [0.05, 0.1) is 29.4 Å². The number of hydrogen-bond donors (Lipinski definition) is 2. The lowest BCUT2D eigenvalue weighted by Gasteiger charge is -2.27. The van der Waals surface area contributed by atoms with Gasteiger partial charge in [0, 0.05) is 11.1 Å². The summed E-state index contributed by atoms with van der Waals surface area (Å²) in [7, 11) is 0. The first-order valence-corrected chi connectivity index (χ1v) is 8.98.